The van der Waals surface area contributed by atoms with Gasteiger partial charge in [-0.1, -0.05) is 47.5 Å². The third kappa shape index (κ3) is 4.52. The molecule has 1 amide bonds. The molecule has 1 heterocycles. The fourth-order valence-corrected chi connectivity index (χ4v) is 4.06. The Morgan fingerprint density at radius 1 is 1.03 bits per heavy atom. The van der Waals surface area contributed by atoms with Gasteiger partial charge in [-0.25, -0.2) is 0 Å². The van der Waals surface area contributed by atoms with E-state index in [1.54, 1.807) is 18.2 Å². The van der Waals surface area contributed by atoms with Crippen LogP contribution >= 0.6 is 0 Å². The molecule has 3 aromatic carbocycles. The standard InChI is InChI=1S/C26H23N3O5/c1-16-6-10-19(11-7-16)27-24-22(15-23(30)31)25(18-4-3-5-21(14-18)29(33)34)28(26(24)32)20-12-8-17(2)9-13-20/h3-14,25,27H,15H2,1-2H3,(H,30,31). The molecule has 1 atom stereocenters. The molecule has 1 unspecified atom stereocenters. The number of nitro benzene ring substituents is 1. The Hall–Kier alpha value is -4.46. The van der Waals surface area contributed by atoms with Crippen LogP contribution in [0.4, 0.5) is 17.1 Å². The predicted octanol–water partition coefficient (Wildman–Crippen LogP) is 5.14. The summed E-state index contributed by atoms with van der Waals surface area (Å²) < 4.78 is 0. The molecule has 0 saturated heterocycles. The molecule has 0 spiro atoms. The summed E-state index contributed by atoms with van der Waals surface area (Å²) >= 11 is 0. The smallest absolute Gasteiger partial charge is 0.307 e. The lowest BCUT2D eigenvalue weighted by Gasteiger charge is -2.27. The maximum Gasteiger partial charge on any atom is 0.307 e. The number of aliphatic carboxylic acids is 1. The third-order valence-electron chi connectivity index (χ3n) is 5.71. The topological polar surface area (TPSA) is 113 Å². The molecule has 0 saturated carbocycles. The maximum absolute atomic E-state index is 13.7. The number of anilines is 2. The van der Waals surface area contributed by atoms with E-state index in [2.05, 4.69) is 5.32 Å². The lowest BCUT2D eigenvalue weighted by molar-refractivity contribution is -0.384. The molecule has 0 aliphatic carbocycles. The van der Waals surface area contributed by atoms with Crippen LogP contribution in [0.15, 0.2) is 84.1 Å². The molecule has 0 fully saturated rings. The summed E-state index contributed by atoms with van der Waals surface area (Å²) in [6.45, 7) is 3.86. The quantitative estimate of drug-likeness (QED) is 0.375. The summed E-state index contributed by atoms with van der Waals surface area (Å²) in [4.78, 5) is 38.0. The average Bonchev–Trinajstić information content (AvgIpc) is 3.06. The van der Waals surface area contributed by atoms with Crippen molar-refractivity contribution in [2.45, 2.75) is 26.3 Å². The van der Waals surface area contributed by atoms with E-state index in [4.69, 9.17) is 0 Å². The highest BCUT2D eigenvalue weighted by Crippen LogP contribution is 2.43. The highest BCUT2D eigenvalue weighted by atomic mass is 16.6. The van der Waals surface area contributed by atoms with Gasteiger partial charge in [0.25, 0.3) is 11.6 Å². The van der Waals surface area contributed by atoms with Crippen LogP contribution in [0.5, 0.6) is 0 Å². The number of nitrogens with zero attached hydrogens (tertiary/aromatic N) is 2. The van der Waals surface area contributed by atoms with Crippen LogP contribution in [-0.4, -0.2) is 21.9 Å². The first-order chi connectivity index (χ1) is 16.2. The number of hydrogen-bond donors (Lipinski definition) is 2. The van der Waals surface area contributed by atoms with Gasteiger partial charge in [0, 0.05) is 23.5 Å². The Morgan fingerprint density at radius 2 is 1.65 bits per heavy atom. The van der Waals surface area contributed by atoms with E-state index in [-0.39, 0.29) is 11.4 Å². The van der Waals surface area contributed by atoms with E-state index in [0.29, 0.717) is 22.5 Å². The SMILES string of the molecule is Cc1ccc(NC2=C(CC(=O)O)C(c3cccc([N+](=O)[O-])c3)N(c3ccc(C)cc3)C2=O)cc1. The second-order valence-corrected chi connectivity index (χ2v) is 8.23. The van der Waals surface area contributed by atoms with E-state index < -0.39 is 29.3 Å². The Labute approximate surface area is 196 Å². The molecule has 8 nitrogen and oxygen atoms in total. The summed E-state index contributed by atoms with van der Waals surface area (Å²) in [5.74, 6) is -1.51. The summed E-state index contributed by atoms with van der Waals surface area (Å²) in [5, 5.41) is 24.2. The van der Waals surface area contributed by atoms with Crippen molar-refractivity contribution in [3.63, 3.8) is 0 Å². The molecule has 8 heteroatoms. The summed E-state index contributed by atoms with van der Waals surface area (Å²) in [6, 6.07) is 19.8. The van der Waals surface area contributed by atoms with Crippen LogP contribution in [0.3, 0.4) is 0 Å². The van der Waals surface area contributed by atoms with Gasteiger partial charge in [-0.15, -0.1) is 0 Å². The van der Waals surface area contributed by atoms with Crippen LogP contribution in [0.1, 0.15) is 29.2 Å². The van der Waals surface area contributed by atoms with E-state index in [9.17, 15) is 24.8 Å². The van der Waals surface area contributed by atoms with Gasteiger partial charge in [0.2, 0.25) is 0 Å². The van der Waals surface area contributed by atoms with Crippen molar-refractivity contribution in [1.82, 2.24) is 0 Å². The zero-order valence-corrected chi connectivity index (χ0v) is 18.7. The largest absolute Gasteiger partial charge is 0.481 e. The van der Waals surface area contributed by atoms with E-state index >= 15 is 0 Å². The second kappa shape index (κ2) is 9.19. The molecule has 3 aromatic rings. The fourth-order valence-electron chi connectivity index (χ4n) is 4.06. The molecule has 1 aliphatic heterocycles. The number of rotatable bonds is 7. The number of carboxylic acids is 1. The number of amides is 1. The van der Waals surface area contributed by atoms with Gasteiger partial charge in [0.15, 0.2) is 0 Å². The van der Waals surface area contributed by atoms with Crippen molar-refractivity contribution < 1.29 is 19.6 Å². The summed E-state index contributed by atoms with van der Waals surface area (Å²) in [6.07, 6.45) is -0.407. The maximum atomic E-state index is 13.7. The molecule has 172 valence electrons. The van der Waals surface area contributed by atoms with E-state index in [1.165, 1.54) is 23.1 Å². The van der Waals surface area contributed by atoms with Crippen LogP contribution in [0.25, 0.3) is 0 Å². The number of nitrogens with one attached hydrogen (secondary N) is 1. The van der Waals surface area contributed by atoms with Gasteiger partial charge in [0.05, 0.1) is 17.4 Å². The first-order valence-electron chi connectivity index (χ1n) is 10.7. The lowest BCUT2D eigenvalue weighted by Crippen LogP contribution is -2.31. The van der Waals surface area contributed by atoms with Crippen molar-refractivity contribution in [3.8, 4) is 0 Å². The van der Waals surface area contributed by atoms with Crippen molar-refractivity contribution in [3.05, 3.63) is 111 Å². The van der Waals surface area contributed by atoms with Gasteiger partial charge in [-0.2, -0.15) is 0 Å². The Morgan fingerprint density at radius 3 is 2.24 bits per heavy atom. The van der Waals surface area contributed by atoms with Crippen LogP contribution in [-0.2, 0) is 9.59 Å². The summed E-state index contributed by atoms with van der Waals surface area (Å²) in [5.41, 5.74) is 4.06. The highest BCUT2D eigenvalue weighted by Gasteiger charge is 2.42. The van der Waals surface area contributed by atoms with E-state index in [0.717, 1.165) is 11.1 Å². The number of carbonyl (C=O) groups excluding carboxylic acids is 1. The number of aryl methyl sites for hydroxylation is 2. The molecule has 0 bridgehead atoms. The Balaban J connectivity index is 1.90. The first-order valence-corrected chi connectivity index (χ1v) is 10.7. The molecule has 34 heavy (non-hydrogen) atoms. The number of carboxylic acid groups (broad SMARTS) is 1. The van der Waals surface area contributed by atoms with Crippen molar-refractivity contribution >= 4 is 28.9 Å². The van der Waals surface area contributed by atoms with Gasteiger partial charge < -0.3 is 10.4 Å². The number of non-ortho nitro benzene ring substituents is 1. The van der Waals surface area contributed by atoms with Crippen LogP contribution < -0.4 is 10.2 Å². The molecule has 0 radical (unpaired) electrons. The normalized spacial score (nSPS) is 15.5. The minimum Gasteiger partial charge on any atom is -0.481 e. The first kappa shape index (κ1) is 22.7. The Bertz CT molecular complexity index is 1300. The zero-order valence-electron chi connectivity index (χ0n) is 18.7. The zero-order chi connectivity index (χ0) is 24.4. The van der Waals surface area contributed by atoms with Gasteiger partial charge in [0.1, 0.15) is 5.70 Å². The minimum atomic E-state index is -1.10. The average molecular weight is 457 g/mol. The third-order valence-corrected chi connectivity index (χ3v) is 5.71. The Kier molecular flexibility index (Phi) is 6.14. The molecule has 4 rings (SSSR count). The fraction of sp³-hybridized carbons (Fsp3) is 0.154. The molecular weight excluding hydrogens is 434 g/mol. The van der Waals surface area contributed by atoms with Crippen molar-refractivity contribution in [2.24, 2.45) is 0 Å². The second-order valence-electron chi connectivity index (χ2n) is 8.23. The van der Waals surface area contributed by atoms with Crippen LogP contribution in [0, 0.1) is 24.0 Å². The van der Waals surface area contributed by atoms with Crippen molar-refractivity contribution in [2.75, 3.05) is 10.2 Å². The van der Waals surface area contributed by atoms with E-state index in [1.807, 2.05) is 50.2 Å². The minimum absolute atomic E-state index is 0.136. The number of benzene rings is 3. The molecule has 2 N–H and O–H groups in total. The molecular formula is C26H23N3O5. The molecule has 1 aliphatic rings. The highest BCUT2D eigenvalue weighted by molar-refractivity contribution is 6.12. The van der Waals surface area contributed by atoms with Gasteiger partial charge in [-0.05, 0) is 49.2 Å². The van der Waals surface area contributed by atoms with Crippen molar-refractivity contribution in [1.29, 1.82) is 0 Å². The number of carbonyl (C=O) groups is 2. The van der Waals surface area contributed by atoms with Crippen LogP contribution in [0.2, 0.25) is 0 Å². The summed E-state index contributed by atoms with van der Waals surface area (Å²) in [7, 11) is 0. The molecule has 0 aromatic heterocycles. The lowest BCUT2D eigenvalue weighted by atomic mass is 9.95. The predicted molar refractivity (Wildman–Crippen MR) is 129 cm³/mol. The van der Waals surface area contributed by atoms with Gasteiger partial charge >= 0.3 is 5.97 Å². The van der Waals surface area contributed by atoms with Gasteiger partial charge in [-0.3, -0.25) is 24.6 Å². The monoisotopic (exact) mass is 457 g/mol. The number of nitro groups is 1. The number of hydrogen-bond acceptors (Lipinski definition) is 5.